The monoisotopic (exact) mass is 286 g/mol. The molecule has 1 aromatic carbocycles. The van der Waals surface area contributed by atoms with Crippen LogP contribution < -0.4 is 5.32 Å². The molecule has 0 radical (unpaired) electrons. The van der Waals surface area contributed by atoms with Crippen LogP contribution in [0.15, 0.2) is 24.3 Å². The summed E-state index contributed by atoms with van der Waals surface area (Å²) in [5, 5.41) is 3.51. The van der Waals surface area contributed by atoms with Gasteiger partial charge in [0.2, 0.25) is 0 Å². The molecule has 0 spiro atoms. The summed E-state index contributed by atoms with van der Waals surface area (Å²) in [6, 6.07) is 10.4. The van der Waals surface area contributed by atoms with E-state index in [4.69, 9.17) is 0 Å². The maximum atomic E-state index is 3.51. The van der Waals surface area contributed by atoms with E-state index in [9.17, 15) is 0 Å². The van der Waals surface area contributed by atoms with Gasteiger partial charge in [0, 0.05) is 18.6 Å². The van der Waals surface area contributed by atoms with Crippen LogP contribution >= 0.6 is 0 Å². The first-order valence-electron chi connectivity index (χ1n) is 8.76. The Hall–Kier alpha value is -0.860. The molecule has 1 aliphatic carbocycles. The normalized spacial score (nSPS) is 27.5. The van der Waals surface area contributed by atoms with Crippen molar-refractivity contribution in [3.8, 4) is 0 Å². The minimum absolute atomic E-state index is 0.494. The maximum Gasteiger partial charge on any atom is 0.0329 e. The molecule has 0 amide bonds. The summed E-state index contributed by atoms with van der Waals surface area (Å²) in [6.45, 7) is 4.74. The molecular weight excluding hydrogens is 256 g/mol. The highest BCUT2D eigenvalue weighted by Crippen LogP contribution is 2.36. The lowest BCUT2D eigenvalue weighted by Crippen LogP contribution is -2.36. The summed E-state index contributed by atoms with van der Waals surface area (Å²) in [7, 11) is 2.10. The van der Waals surface area contributed by atoms with Crippen LogP contribution in [0.25, 0.3) is 0 Å². The fourth-order valence-corrected chi connectivity index (χ4v) is 4.35. The number of nitrogens with one attached hydrogen (secondary N) is 1. The Balaban J connectivity index is 1.56. The second-order valence-electron chi connectivity index (χ2n) is 6.98. The van der Waals surface area contributed by atoms with Crippen LogP contribution in [0.3, 0.4) is 0 Å². The van der Waals surface area contributed by atoms with Gasteiger partial charge in [-0.15, -0.1) is 0 Å². The first kappa shape index (κ1) is 15.1. The van der Waals surface area contributed by atoms with Crippen LogP contribution in [0.5, 0.6) is 0 Å². The lowest BCUT2D eigenvalue weighted by molar-refractivity contribution is 0.176. The third-order valence-corrected chi connectivity index (χ3v) is 5.66. The molecule has 0 aromatic heterocycles. The van der Waals surface area contributed by atoms with E-state index >= 15 is 0 Å². The fraction of sp³-hybridized carbons (Fsp3) is 0.684. The highest BCUT2D eigenvalue weighted by atomic mass is 15.2. The minimum atomic E-state index is 0.494. The standard InChI is InChI=1S/C19H30N2/c1-15-7-9-16(10-8-15)18(20-2)12-14-21-13-11-17-5-3-4-6-19(17)21/h7-10,17-20H,3-6,11-14H2,1-2H3. The zero-order valence-corrected chi connectivity index (χ0v) is 13.6. The van der Waals surface area contributed by atoms with E-state index in [0.717, 1.165) is 12.0 Å². The molecule has 116 valence electrons. The number of nitrogens with zero attached hydrogens (tertiary/aromatic N) is 1. The molecule has 2 heteroatoms. The number of fused-ring (bicyclic) bond motifs is 1. The van der Waals surface area contributed by atoms with Gasteiger partial charge in [-0.25, -0.2) is 0 Å². The Bertz CT molecular complexity index is 439. The molecule has 1 N–H and O–H groups in total. The van der Waals surface area contributed by atoms with Crippen molar-refractivity contribution in [2.75, 3.05) is 20.1 Å². The third kappa shape index (κ3) is 3.49. The first-order valence-corrected chi connectivity index (χ1v) is 8.76. The van der Waals surface area contributed by atoms with E-state index in [0.29, 0.717) is 6.04 Å². The van der Waals surface area contributed by atoms with Crippen LogP contribution in [0.1, 0.15) is 55.7 Å². The van der Waals surface area contributed by atoms with Crippen molar-refractivity contribution in [3.63, 3.8) is 0 Å². The van der Waals surface area contributed by atoms with Gasteiger partial charge in [-0.05, 0) is 57.7 Å². The van der Waals surface area contributed by atoms with Crippen LogP contribution in [-0.2, 0) is 0 Å². The van der Waals surface area contributed by atoms with Gasteiger partial charge in [-0.1, -0.05) is 42.7 Å². The smallest absolute Gasteiger partial charge is 0.0329 e. The van der Waals surface area contributed by atoms with E-state index in [2.05, 4.69) is 48.5 Å². The summed E-state index contributed by atoms with van der Waals surface area (Å²) >= 11 is 0. The molecule has 1 aromatic rings. The molecule has 2 fully saturated rings. The van der Waals surface area contributed by atoms with Crippen molar-refractivity contribution in [1.29, 1.82) is 0 Å². The number of rotatable bonds is 5. The Morgan fingerprint density at radius 3 is 2.67 bits per heavy atom. The Morgan fingerprint density at radius 1 is 1.14 bits per heavy atom. The van der Waals surface area contributed by atoms with Gasteiger partial charge in [0.15, 0.2) is 0 Å². The number of hydrogen-bond acceptors (Lipinski definition) is 2. The van der Waals surface area contributed by atoms with Crippen LogP contribution in [-0.4, -0.2) is 31.1 Å². The van der Waals surface area contributed by atoms with Gasteiger partial charge >= 0.3 is 0 Å². The van der Waals surface area contributed by atoms with Crippen LogP contribution in [0.2, 0.25) is 0 Å². The van der Waals surface area contributed by atoms with Gasteiger partial charge in [0.1, 0.15) is 0 Å². The summed E-state index contributed by atoms with van der Waals surface area (Å²) < 4.78 is 0. The van der Waals surface area contributed by atoms with Crippen molar-refractivity contribution in [2.45, 2.75) is 57.5 Å². The lowest BCUT2D eigenvalue weighted by atomic mass is 9.85. The number of aryl methyl sites for hydroxylation is 1. The molecule has 3 atom stereocenters. The average Bonchev–Trinajstić information content (AvgIpc) is 2.93. The average molecular weight is 286 g/mol. The van der Waals surface area contributed by atoms with E-state index < -0.39 is 0 Å². The number of benzene rings is 1. The predicted molar refractivity (Wildman–Crippen MR) is 89.5 cm³/mol. The topological polar surface area (TPSA) is 15.3 Å². The van der Waals surface area contributed by atoms with Gasteiger partial charge in [-0.2, -0.15) is 0 Å². The van der Waals surface area contributed by atoms with Gasteiger partial charge < -0.3 is 10.2 Å². The fourth-order valence-electron chi connectivity index (χ4n) is 4.35. The molecule has 2 nitrogen and oxygen atoms in total. The predicted octanol–water partition coefficient (Wildman–Crippen LogP) is 3.91. The van der Waals surface area contributed by atoms with E-state index in [1.165, 1.54) is 62.7 Å². The highest BCUT2D eigenvalue weighted by Gasteiger charge is 2.35. The van der Waals surface area contributed by atoms with Crippen LogP contribution in [0, 0.1) is 12.8 Å². The van der Waals surface area contributed by atoms with E-state index in [1.54, 1.807) is 0 Å². The van der Waals surface area contributed by atoms with Crippen molar-refractivity contribution in [1.82, 2.24) is 10.2 Å². The zero-order chi connectivity index (χ0) is 14.7. The quantitative estimate of drug-likeness (QED) is 0.883. The van der Waals surface area contributed by atoms with Crippen molar-refractivity contribution in [3.05, 3.63) is 35.4 Å². The number of likely N-dealkylation sites (tertiary alicyclic amines) is 1. The second-order valence-corrected chi connectivity index (χ2v) is 6.98. The molecule has 1 aliphatic heterocycles. The molecule has 21 heavy (non-hydrogen) atoms. The molecule has 2 aliphatic rings. The largest absolute Gasteiger partial charge is 0.313 e. The van der Waals surface area contributed by atoms with Crippen molar-refractivity contribution in [2.24, 2.45) is 5.92 Å². The third-order valence-electron chi connectivity index (χ3n) is 5.66. The highest BCUT2D eigenvalue weighted by molar-refractivity contribution is 5.24. The summed E-state index contributed by atoms with van der Waals surface area (Å²) in [4.78, 5) is 2.78. The second kappa shape index (κ2) is 6.93. The molecule has 0 bridgehead atoms. The number of hydrogen-bond donors (Lipinski definition) is 1. The first-order chi connectivity index (χ1) is 10.3. The Morgan fingerprint density at radius 2 is 1.90 bits per heavy atom. The van der Waals surface area contributed by atoms with Gasteiger partial charge in [0.25, 0.3) is 0 Å². The zero-order valence-electron chi connectivity index (χ0n) is 13.6. The van der Waals surface area contributed by atoms with E-state index in [-0.39, 0.29) is 0 Å². The lowest BCUT2D eigenvalue weighted by Gasteiger charge is -2.32. The SMILES string of the molecule is CNC(CCN1CCC2CCCCC21)c1ccc(C)cc1. The van der Waals surface area contributed by atoms with Crippen molar-refractivity contribution >= 4 is 0 Å². The summed E-state index contributed by atoms with van der Waals surface area (Å²) in [5.41, 5.74) is 2.78. The molecule has 1 saturated carbocycles. The van der Waals surface area contributed by atoms with Gasteiger partial charge in [-0.3, -0.25) is 0 Å². The Labute approximate surface area is 129 Å². The molecule has 3 rings (SSSR count). The van der Waals surface area contributed by atoms with Crippen LogP contribution in [0.4, 0.5) is 0 Å². The molecule has 1 heterocycles. The van der Waals surface area contributed by atoms with Gasteiger partial charge in [0.05, 0.1) is 0 Å². The molecular formula is C19H30N2. The molecule has 3 unspecified atom stereocenters. The summed E-state index contributed by atoms with van der Waals surface area (Å²) in [6.07, 6.45) is 8.51. The minimum Gasteiger partial charge on any atom is -0.313 e. The molecule has 1 saturated heterocycles. The maximum absolute atomic E-state index is 3.51. The Kier molecular flexibility index (Phi) is 4.97. The summed E-state index contributed by atoms with van der Waals surface area (Å²) in [5.74, 6) is 1.01. The van der Waals surface area contributed by atoms with E-state index in [1.807, 2.05) is 0 Å². The van der Waals surface area contributed by atoms with Crippen molar-refractivity contribution < 1.29 is 0 Å².